The number of benzene rings is 7. The summed E-state index contributed by atoms with van der Waals surface area (Å²) in [4.78, 5) is 14.9. The van der Waals surface area contributed by atoms with Crippen molar-refractivity contribution < 1.29 is 4.42 Å². The molecule has 0 atom stereocenters. The van der Waals surface area contributed by atoms with Gasteiger partial charge < -0.3 is 4.42 Å². The van der Waals surface area contributed by atoms with E-state index in [4.69, 9.17) is 14.4 Å². The molecule has 0 aliphatic rings. The molecule has 1 heterocycles. The van der Waals surface area contributed by atoms with E-state index in [0.29, 0.717) is 18.2 Å². The van der Waals surface area contributed by atoms with Crippen molar-refractivity contribution in [3.8, 4) is 11.1 Å². The van der Waals surface area contributed by atoms with E-state index in [1.807, 2.05) is 60.7 Å². The smallest absolute Gasteiger partial charge is 0.162 e. The Labute approximate surface area is 266 Å². The summed E-state index contributed by atoms with van der Waals surface area (Å²) in [7, 11) is 0. The summed E-state index contributed by atoms with van der Waals surface area (Å²) in [5.74, 6) is 1.08. The first kappa shape index (κ1) is 27.4. The van der Waals surface area contributed by atoms with Crippen LogP contribution in [0, 0.1) is 0 Å². The van der Waals surface area contributed by atoms with Gasteiger partial charge in [0.2, 0.25) is 0 Å². The van der Waals surface area contributed by atoms with Crippen LogP contribution in [0.5, 0.6) is 0 Å². The summed E-state index contributed by atoms with van der Waals surface area (Å²) in [6, 6.07) is 52.0. The minimum Gasteiger partial charge on any atom is -0.456 e. The molecule has 0 saturated heterocycles. The number of amidine groups is 2. The first-order valence-electron chi connectivity index (χ1n) is 15.3. The zero-order chi connectivity index (χ0) is 30.9. The van der Waals surface area contributed by atoms with Gasteiger partial charge in [-0.2, -0.15) is 0 Å². The van der Waals surface area contributed by atoms with Gasteiger partial charge in [0.05, 0.1) is 6.54 Å². The van der Waals surface area contributed by atoms with Crippen molar-refractivity contribution in [2.24, 2.45) is 15.0 Å². The lowest BCUT2D eigenvalue weighted by Gasteiger charge is -2.13. The first-order chi connectivity index (χ1) is 22.8. The number of rotatable bonds is 5. The maximum Gasteiger partial charge on any atom is 0.162 e. The number of aliphatic imine (C=N–C) groups is 3. The summed E-state index contributed by atoms with van der Waals surface area (Å²) in [6.07, 6.45) is 0. The molecule has 46 heavy (non-hydrogen) atoms. The molecule has 8 aromatic rings. The minimum absolute atomic E-state index is 0.476. The Morgan fingerprint density at radius 1 is 0.565 bits per heavy atom. The molecule has 0 aliphatic heterocycles. The number of nitrogens with zero attached hydrogens (tertiary/aromatic N) is 3. The molecule has 4 nitrogen and oxygen atoms in total. The highest BCUT2D eigenvalue weighted by atomic mass is 16.3. The fraction of sp³-hybridized carbons (Fsp3) is 0.0238. The molecule has 0 fully saturated rings. The van der Waals surface area contributed by atoms with Gasteiger partial charge in [-0.1, -0.05) is 127 Å². The molecular weight excluding hydrogens is 562 g/mol. The van der Waals surface area contributed by atoms with Gasteiger partial charge in [0.15, 0.2) is 11.7 Å². The molecule has 8 rings (SSSR count). The predicted molar refractivity (Wildman–Crippen MR) is 193 cm³/mol. The van der Waals surface area contributed by atoms with Crippen LogP contribution >= 0.6 is 0 Å². The van der Waals surface area contributed by atoms with E-state index < -0.39 is 0 Å². The Morgan fingerprint density at radius 2 is 1.26 bits per heavy atom. The highest BCUT2D eigenvalue weighted by Crippen LogP contribution is 2.38. The van der Waals surface area contributed by atoms with Crippen LogP contribution in [0.15, 0.2) is 171 Å². The fourth-order valence-corrected chi connectivity index (χ4v) is 6.27. The Hall–Kier alpha value is -6.13. The molecular formula is C42H29N3O. The molecule has 0 saturated carbocycles. The van der Waals surface area contributed by atoms with E-state index in [9.17, 15) is 0 Å². The molecule has 0 amide bonds. The van der Waals surface area contributed by atoms with E-state index in [1.165, 1.54) is 16.2 Å². The SMILES string of the molecule is C=NC(=NC(=NCc1ccccc1)c1ccc2c(ccc3ccccc32)c1)c1c(-c2ccccc2)ccc2oc3ccccc3c12. The van der Waals surface area contributed by atoms with Crippen molar-refractivity contribution >= 4 is 61.9 Å². The number of para-hydroxylation sites is 1. The van der Waals surface area contributed by atoms with Crippen LogP contribution in [0.4, 0.5) is 0 Å². The second-order valence-corrected chi connectivity index (χ2v) is 11.3. The monoisotopic (exact) mass is 591 g/mol. The van der Waals surface area contributed by atoms with E-state index >= 15 is 0 Å². The Balaban J connectivity index is 1.37. The zero-order valence-electron chi connectivity index (χ0n) is 25.1. The third kappa shape index (κ3) is 4.96. The van der Waals surface area contributed by atoms with Crippen LogP contribution < -0.4 is 0 Å². The van der Waals surface area contributed by atoms with E-state index in [0.717, 1.165) is 55.1 Å². The first-order valence-corrected chi connectivity index (χ1v) is 15.3. The van der Waals surface area contributed by atoms with Gasteiger partial charge in [-0.3, -0.25) is 4.99 Å². The van der Waals surface area contributed by atoms with Gasteiger partial charge in [0.25, 0.3) is 0 Å². The molecule has 0 N–H and O–H groups in total. The lowest BCUT2D eigenvalue weighted by Crippen LogP contribution is -2.07. The van der Waals surface area contributed by atoms with Crippen LogP contribution in [0.1, 0.15) is 16.7 Å². The standard InChI is InChI=1S/C42H29N3O/c1-43-42(40-35(29-14-6-3-7-15-29)24-25-38-39(40)36-18-10-11-19-37(36)46-38)45-41(44-27-28-12-4-2-5-13-28)32-22-23-34-31(26-32)21-20-30-16-8-9-17-33(30)34/h2-26H,1,27H2. The van der Waals surface area contributed by atoms with Crippen molar-refractivity contribution in [2.45, 2.75) is 6.54 Å². The van der Waals surface area contributed by atoms with Gasteiger partial charge >= 0.3 is 0 Å². The van der Waals surface area contributed by atoms with E-state index in [2.05, 4.69) is 103 Å². The quantitative estimate of drug-likeness (QED) is 0.112. The van der Waals surface area contributed by atoms with Crippen LogP contribution in [0.3, 0.4) is 0 Å². The molecule has 0 bridgehead atoms. The topological polar surface area (TPSA) is 50.2 Å². The molecule has 4 heteroatoms. The van der Waals surface area contributed by atoms with Crippen LogP contribution in [-0.2, 0) is 6.54 Å². The average Bonchev–Trinajstić information content (AvgIpc) is 3.51. The predicted octanol–water partition coefficient (Wildman–Crippen LogP) is 10.7. The number of hydrogen-bond acceptors (Lipinski definition) is 2. The molecule has 1 aromatic heterocycles. The van der Waals surface area contributed by atoms with Gasteiger partial charge in [-0.15, -0.1) is 0 Å². The second kappa shape index (κ2) is 11.8. The van der Waals surface area contributed by atoms with Crippen molar-refractivity contribution in [2.75, 3.05) is 0 Å². The summed E-state index contributed by atoms with van der Waals surface area (Å²) in [6.45, 7) is 4.50. The molecule has 7 aromatic carbocycles. The van der Waals surface area contributed by atoms with E-state index in [-0.39, 0.29) is 0 Å². The van der Waals surface area contributed by atoms with E-state index in [1.54, 1.807) is 0 Å². The average molecular weight is 592 g/mol. The number of furan rings is 1. The molecule has 0 aliphatic carbocycles. The summed E-state index contributed by atoms with van der Waals surface area (Å²) >= 11 is 0. The number of fused-ring (bicyclic) bond motifs is 6. The summed E-state index contributed by atoms with van der Waals surface area (Å²) in [5, 5.41) is 6.71. The Kier molecular flexibility index (Phi) is 7.01. The van der Waals surface area contributed by atoms with Crippen LogP contribution in [0.2, 0.25) is 0 Å². The van der Waals surface area contributed by atoms with Gasteiger partial charge in [0, 0.05) is 21.9 Å². The Morgan fingerprint density at radius 3 is 2.09 bits per heavy atom. The summed E-state index contributed by atoms with van der Waals surface area (Å²) < 4.78 is 6.31. The normalized spacial score (nSPS) is 12.3. The lowest BCUT2D eigenvalue weighted by atomic mass is 9.94. The zero-order valence-corrected chi connectivity index (χ0v) is 25.1. The van der Waals surface area contributed by atoms with Crippen LogP contribution in [-0.4, -0.2) is 18.4 Å². The highest BCUT2D eigenvalue weighted by molar-refractivity contribution is 6.25. The third-order valence-electron chi connectivity index (χ3n) is 8.47. The maximum absolute atomic E-state index is 6.31. The van der Waals surface area contributed by atoms with Crippen molar-refractivity contribution in [3.63, 3.8) is 0 Å². The van der Waals surface area contributed by atoms with Crippen molar-refractivity contribution in [1.29, 1.82) is 0 Å². The minimum atomic E-state index is 0.476. The van der Waals surface area contributed by atoms with Gasteiger partial charge in [-0.25, -0.2) is 9.98 Å². The molecule has 0 unspecified atom stereocenters. The van der Waals surface area contributed by atoms with Crippen LogP contribution in [0.25, 0.3) is 54.6 Å². The molecule has 218 valence electrons. The third-order valence-corrected chi connectivity index (χ3v) is 8.47. The van der Waals surface area contributed by atoms with Crippen molar-refractivity contribution in [3.05, 3.63) is 168 Å². The van der Waals surface area contributed by atoms with Gasteiger partial charge in [0.1, 0.15) is 11.2 Å². The molecule has 0 radical (unpaired) electrons. The lowest BCUT2D eigenvalue weighted by molar-refractivity contribution is 0.669. The summed E-state index contributed by atoms with van der Waals surface area (Å²) in [5.41, 5.74) is 6.51. The highest BCUT2D eigenvalue weighted by Gasteiger charge is 2.20. The van der Waals surface area contributed by atoms with Crippen molar-refractivity contribution in [1.82, 2.24) is 0 Å². The maximum atomic E-state index is 6.31. The van der Waals surface area contributed by atoms with Gasteiger partial charge in [-0.05, 0) is 69.2 Å². The molecule has 0 spiro atoms. The Bertz CT molecular complexity index is 2460. The second-order valence-electron chi connectivity index (χ2n) is 11.3. The largest absolute Gasteiger partial charge is 0.456 e. The fourth-order valence-electron chi connectivity index (χ4n) is 6.27. The number of hydrogen-bond donors (Lipinski definition) is 0.